The van der Waals surface area contributed by atoms with Crippen molar-refractivity contribution < 1.29 is 18.0 Å². The summed E-state index contributed by atoms with van der Waals surface area (Å²) in [5.41, 5.74) is 2.58. The van der Waals surface area contributed by atoms with E-state index in [0.717, 1.165) is 11.1 Å². The van der Waals surface area contributed by atoms with Gasteiger partial charge < -0.3 is 10.2 Å². The van der Waals surface area contributed by atoms with Gasteiger partial charge >= 0.3 is 0 Å². The monoisotopic (exact) mass is 469 g/mol. The molecule has 2 heterocycles. The maximum atomic E-state index is 13.4. The number of nitrogens with one attached hydrogen (secondary N) is 1. The van der Waals surface area contributed by atoms with Crippen LogP contribution in [0.4, 0.5) is 5.69 Å². The van der Waals surface area contributed by atoms with Crippen LogP contribution in [0.15, 0.2) is 53.4 Å². The summed E-state index contributed by atoms with van der Waals surface area (Å²) >= 11 is 0. The number of fused-ring (bicyclic) bond motifs is 1. The lowest BCUT2D eigenvalue weighted by Crippen LogP contribution is -2.46. The average Bonchev–Trinajstić information content (AvgIpc) is 3.02. The zero-order chi connectivity index (χ0) is 23.4. The molecule has 1 saturated heterocycles. The molecule has 8 heteroatoms. The molecule has 0 aromatic heterocycles. The van der Waals surface area contributed by atoms with Gasteiger partial charge in [0.15, 0.2) is 0 Å². The number of rotatable bonds is 6. The van der Waals surface area contributed by atoms with E-state index in [1.807, 2.05) is 37.3 Å². The number of hydrogen-bond donors (Lipinski definition) is 1. The fourth-order valence-corrected chi connectivity index (χ4v) is 6.21. The lowest BCUT2D eigenvalue weighted by Gasteiger charge is -2.34. The zero-order valence-electron chi connectivity index (χ0n) is 19.0. The molecule has 0 radical (unpaired) electrons. The molecule has 2 aliphatic rings. The first-order chi connectivity index (χ1) is 15.9. The highest BCUT2D eigenvalue weighted by Crippen LogP contribution is 2.29. The molecule has 0 bridgehead atoms. The van der Waals surface area contributed by atoms with Crippen molar-refractivity contribution in [1.29, 1.82) is 0 Å². The standard InChI is InChI=1S/C25H31N3O4S/c1-2-27(17-19-8-4-3-5-9-19)25(30)21-11-7-15-28(18-21)33(31,32)22-13-14-23-20(16-22)10-6-12-24(29)26-23/h3-5,8-9,13-14,16,21H,2,6-7,10-12,15,17-18H2,1H3,(H,26,29)/t21-/m1/s1. The molecule has 0 unspecified atom stereocenters. The predicted octanol–water partition coefficient (Wildman–Crippen LogP) is 3.41. The smallest absolute Gasteiger partial charge is 0.243 e. The molecule has 4 rings (SSSR count). The number of sulfonamides is 1. The van der Waals surface area contributed by atoms with Crippen LogP contribution in [0.1, 0.15) is 43.7 Å². The van der Waals surface area contributed by atoms with Crippen molar-refractivity contribution in [2.45, 2.75) is 50.5 Å². The molecule has 1 fully saturated rings. The Kier molecular flexibility index (Phi) is 7.14. The second kappa shape index (κ2) is 10.1. The lowest BCUT2D eigenvalue weighted by molar-refractivity contribution is -0.137. The van der Waals surface area contributed by atoms with Gasteiger partial charge in [0.05, 0.1) is 10.8 Å². The Morgan fingerprint density at radius 1 is 1.12 bits per heavy atom. The Bertz CT molecular complexity index is 1120. The first-order valence-electron chi connectivity index (χ1n) is 11.6. The zero-order valence-corrected chi connectivity index (χ0v) is 19.8. The van der Waals surface area contributed by atoms with Crippen molar-refractivity contribution in [3.05, 3.63) is 59.7 Å². The number of benzene rings is 2. The summed E-state index contributed by atoms with van der Waals surface area (Å²) in [5.74, 6) is -0.388. The summed E-state index contributed by atoms with van der Waals surface area (Å²) in [6.07, 6.45) is 3.12. The van der Waals surface area contributed by atoms with Gasteiger partial charge in [-0.15, -0.1) is 0 Å². The van der Waals surface area contributed by atoms with Gasteiger partial charge in [-0.05, 0) is 61.9 Å². The van der Waals surface area contributed by atoms with Crippen molar-refractivity contribution in [3.8, 4) is 0 Å². The van der Waals surface area contributed by atoms with Gasteiger partial charge in [-0.3, -0.25) is 9.59 Å². The Balaban J connectivity index is 1.50. The molecule has 2 amide bonds. The molecule has 0 aliphatic carbocycles. The number of hydrogen-bond acceptors (Lipinski definition) is 4. The highest BCUT2D eigenvalue weighted by Gasteiger charge is 2.35. The molecule has 2 aliphatic heterocycles. The van der Waals surface area contributed by atoms with Crippen molar-refractivity contribution in [1.82, 2.24) is 9.21 Å². The van der Waals surface area contributed by atoms with Crippen LogP contribution in [0.5, 0.6) is 0 Å². The quantitative estimate of drug-likeness (QED) is 0.702. The second-order valence-electron chi connectivity index (χ2n) is 8.76. The van der Waals surface area contributed by atoms with Crippen LogP contribution in [0.25, 0.3) is 0 Å². The van der Waals surface area contributed by atoms with Crippen LogP contribution < -0.4 is 5.32 Å². The van der Waals surface area contributed by atoms with Crippen LogP contribution in [-0.2, 0) is 32.6 Å². The summed E-state index contributed by atoms with van der Waals surface area (Å²) in [6, 6.07) is 14.7. The molecule has 0 spiro atoms. The summed E-state index contributed by atoms with van der Waals surface area (Å²) in [4.78, 5) is 27.1. The minimum atomic E-state index is -3.73. The Morgan fingerprint density at radius 3 is 2.67 bits per heavy atom. The molecule has 33 heavy (non-hydrogen) atoms. The molecule has 2 aromatic rings. The van der Waals surface area contributed by atoms with Gasteiger partial charge in [-0.25, -0.2) is 8.42 Å². The van der Waals surface area contributed by atoms with E-state index in [9.17, 15) is 18.0 Å². The van der Waals surface area contributed by atoms with E-state index < -0.39 is 10.0 Å². The number of amides is 2. The highest BCUT2D eigenvalue weighted by atomic mass is 32.2. The van der Waals surface area contributed by atoms with Crippen LogP contribution in [-0.4, -0.2) is 49.1 Å². The third-order valence-electron chi connectivity index (χ3n) is 6.48. The van der Waals surface area contributed by atoms with Gasteiger partial charge in [0.25, 0.3) is 0 Å². The maximum Gasteiger partial charge on any atom is 0.243 e. The Labute approximate surface area is 195 Å². The number of aryl methyl sites for hydroxylation is 1. The fourth-order valence-electron chi connectivity index (χ4n) is 4.63. The summed E-state index contributed by atoms with van der Waals surface area (Å²) in [6.45, 7) is 3.65. The summed E-state index contributed by atoms with van der Waals surface area (Å²) < 4.78 is 28.3. The topological polar surface area (TPSA) is 86.8 Å². The van der Waals surface area contributed by atoms with Crippen molar-refractivity contribution in [3.63, 3.8) is 0 Å². The molecular weight excluding hydrogens is 438 g/mol. The molecule has 2 aromatic carbocycles. The van der Waals surface area contributed by atoms with Gasteiger partial charge in [0.2, 0.25) is 21.8 Å². The SMILES string of the molecule is CCN(Cc1ccccc1)C(=O)[C@@H]1CCCN(S(=O)(=O)c2ccc3c(c2)CCCC(=O)N3)C1. The molecule has 1 atom stereocenters. The first-order valence-corrected chi connectivity index (χ1v) is 13.1. The lowest BCUT2D eigenvalue weighted by atomic mass is 9.98. The Morgan fingerprint density at radius 2 is 1.91 bits per heavy atom. The van der Waals surface area contributed by atoms with Gasteiger partial charge in [0.1, 0.15) is 0 Å². The molecule has 176 valence electrons. The number of piperidine rings is 1. The van der Waals surface area contributed by atoms with Crippen molar-refractivity contribution in [2.75, 3.05) is 25.0 Å². The van der Waals surface area contributed by atoms with E-state index in [2.05, 4.69) is 5.32 Å². The molecule has 7 nitrogen and oxygen atoms in total. The predicted molar refractivity (Wildman–Crippen MR) is 127 cm³/mol. The maximum absolute atomic E-state index is 13.4. The van der Waals surface area contributed by atoms with E-state index >= 15 is 0 Å². The van der Waals surface area contributed by atoms with Crippen LogP contribution >= 0.6 is 0 Å². The highest BCUT2D eigenvalue weighted by molar-refractivity contribution is 7.89. The summed E-state index contributed by atoms with van der Waals surface area (Å²) in [7, 11) is -3.73. The summed E-state index contributed by atoms with van der Waals surface area (Å²) in [5, 5.41) is 2.84. The third-order valence-corrected chi connectivity index (χ3v) is 8.34. The van der Waals surface area contributed by atoms with E-state index in [1.165, 1.54) is 4.31 Å². The Hall–Kier alpha value is -2.71. The normalized spacial score (nSPS) is 19.3. The number of carbonyl (C=O) groups excluding carboxylic acids is 2. The fraction of sp³-hybridized carbons (Fsp3) is 0.440. The minimum Gasteiger partial charge on any atom is -0.338 e. The molecule has 0 saturated carbocycles. The van der Waals surface area contributed by atoms with Crippen LogP contribution in [0.2, 0.25) is 0 Å². The first kappa shape index (κ1) is 23.4. The minimum absolute atomic E-state index is 0.00546. The third kappa shape index (κ3) is 5.28. The van der Waals surface area contributed by atoms with Gasteiger partial charge in [-0.1, -0.05) is 30.3 Å². The largest absolute Gasteiger partial charge is 0.338 e. The van der Waals surface area contributed by atoms with Crippen LogP contribution in [0, 0.1) is 5.92 Å². The number of carbonyl (C=O) groups is 2. The molecule has 1 N–H and O–H groups in total. The van der Waals surface area contributed by atoms with Gasteiger partial charge in [-0.2, -0.15) is 4.31 Å². The number of anilines is 1. The van der Waals surface area contributed by atoms with E-state index in [1.54, 1.807) is 23.1 Å². The molecular formula is C25H31N3O4S. The van der Waals surface area contributed by atoms with Crippen molar-refractivity contribution >= 4 is 27.5 Å². The second-order valence-corrected chi connectivity index (χ2v) is 10.7. The van der Waals surface area contributed by atoms with E-state index in [-0.39, 0.29) is 29.2 Å². The van der Waals surface area contributed by atoms with Gasteiger partial charge in [0, 0.05) is 38.3 Å². The van der Waals surface area contributed by atoms with Crippen molar-refractivity contribution in [2.24, 2.45) is 5.92 Å². The van der Waals surface area contributed by atoms with Crippen LogP contribution in [0.3, 0.4) is 0 Å². The van der Waals surface area contributed by atoms with E-state index in [4.69, 9.17) is 0 Å². The average molecular weight is 470 g/mol. The number of nitrogens with zero attached hydrogens (tertiary/aromatic N) is 2. The van der Waals surface area contributed by atoms with E-state index in [0.29, 0.717) is 57.4 Å².